The number of rotatable bonds is 13. The Bertz CT molecular complexity index is 1100. The van der Waals surface area contributed by atoms with E-state index in [-0.39, 0.29) is 36.1 Å². The molecule has 1 saturated heterocycles. The number of nitrogens with one attached hydrogen (secondary N) is 4. The van der Waals surface area contributed by atoms with Crippen LogP contribution in [0.1, 0.15) is 75.5 Å². The summed E-state index contributed by atoms with van der Waals surface area (Å²) in [6, 6.07) is 7.67. The molecule has 1 aromatic carbocycles. The minimum atomic E-state index is -0.384. The molecule has 0 saturated carbocycles. The van der Waals surface area contributed by atoms with E-state index in [4.69, 9.17) is 0 Å². The third-order valence-electron chi connectivity index (χ3n) is 6.41. The average Bonchev–Trinajstić information content (AvgIpc) is 2.83. The van der Waals surface area contributed by atoms with Gasteiger partial charge < -0.3 is 16.0 Å². The van der Waals surface area contributed by atoms with E-state index in [1.807, 2.05) is 31.2 Å². The molecule has 1 unspecified atom stereocenters. The van der Waals surface area contributed by atoms with Gasteiger partial charge in [0.15, 0.2) is 0 Å². The molecule has 194 valence electrons. The molecule has 36 heavy (non-hydrogen) atoms. The lowest BCUT2D eigenvalue weighted by Gasteiger charge is -2.22. The monoisotopic (exact) mass is 495 g/mol. The fourth-order valence-electron chi connectivity index (χ4n) is 4.44. The zero-order valence-electron chi connectivity index (χ0n) is 21.2. The van der Waals surface area contributed by atoms with E-state index in [0.29, 0.717) is 19.4 Å². The lowest BCUT2D eigenvalue weighted by molar-refractivity contribution is -0.134. The molecule has 0 spiro atoms. The number of aromatic nitrogens is 1. The fourth-order valence-corrected chi connectivity index (χ4v) is 4.44. The molecular formula is C27H37N5O4. The van der Waals surface area contributed by atoms with E-state index in [1.165, 1.54) is 6.92 Å². The van der Waals surface area contributed by atoms with E-state index in [2.05, 4.69) is 26.3 Å². The normalized spacial score (nSPS) is 15.4. The lowest BCUT2D eigenvalue weighted by Crippen LogP contribution is -2.39. The zero-order valence-corrected chi connectivity index (χ0v) is 21.2. The van der Waals surface area contributed by atoms with Gasteiger partial charge in [-0.15, -0.1) is 0 Å². The number of fused-ring (bicyclic) bond motifs is 1. The van der Waals surface area contributed by atoms with Crippen molar-refractivity contribution in [1.29, 1.82) is 0 Å². The maximum absolute atomic E-state index is 12.3. The summed E-state index contributed by atoms with van der Waals surface area (Å²) in [5.41, 5.74) is 3.22. The number of carbonyl (C=O) groups is 4. The van der Waals surface area contributed by atoms with Crippen LogP contribution in [0.25, 0.3) is 10.9 Å². The first-order valence-corrected chi connectivity index (χ1v) is 12.8. The summed E-state index contributed by atoms with van der Waals surface area (Å²) < 4.78 is 0. The standard InChI is InChI=1S/C27H37N5O4/c1-18-23(22-10-12-25(34)32-27(22)36)16-20-15-21(9-11-24(20)31-18)30-17-26(35)29-14-8-6-4-3-5-7-13-28-19(2)33/h9,11,15-16,22,30H,3-8,10,12-14,17H2,1-2H3,(H,28,33)(H,29,35)(H,32,34,36). The highest BCUT2D eigenvalue weighted by atomic mass is 16.2. The number of amides is 4. The fraction of sp³-hybridized carbons (Fsp3) is 0.519. The Morgan fingerprint density at radius 2 is 1.69 bits per heavy atom. The number of anilines is 1. The Morgan fingerprint density at radius 1 is 1.00 bits per heavy atom. The van der Waals surface area contributed by atoms with Gasteiger partial charge in [0.05, 0.1) is 18.0 Å². The molecule has 0 bridgehead atoms. The summed E-state index contributed by atoms with van der Waals surface area (Å²) in [6.07, 6.45) is 7.19. The third kappa shape index (κ3) is 8.32. The highest BCUT2D eigenvalue weighted by Gasteiger charge is 2.29. The van der Waals surface area contributed by atoms with Crippen molar-refractivity contribution in [3.05, 3.63) is 35.5 Å². The number of pyridine rings is 1. The van der Waals surface area contributed by atoms with Crippen molar-refractivity contribution in [2.45, 2.75) is 71.1 Å². The van der Waals surface area contributed by atoms with E-state index in [9.17, 15) is 19.2 Å². The molecule has 0 radical (unpaired) electrons. The lowest BCUT2D eigenvalue weighted by atomic mass is 9.89. The Morgan fingerprint density at radius 3 is 2.39 bits per heavy atom. The molecule has 1 aromatic heterocycles. The van der Waals surface area contributed by atoms with E-state index in [0.717, 1.165) is 72.9 Å². The van der Waals surface area contributed by atoms with Crippen molar-refractivity contribution in [1.82, 2.24) is 20.9 Å². The van der Waals surface area contributed by atoms with Crippen molar-refractivity contribution in [3.8, 4) is 0 Å². The van der Waals surface area contributed by atoms with Crippen molar-refractivity contribution >= 4 is 40.2 Å². The summed E-state index contributed by atoms with van der Waals surface area (Å²) in [5.74, 6) is -0.930. The topological polar surface area (TPSA) is 129 Å². The van der Waals surface area contributed by atoms with Crippen LogP contribution in [0.3, 0.4) is 0 Å². The Hall–Kier alpha value is -3.49. The summed E-state index contributed by atoms with van der Waals surface area (Å²) in [5, 5.41) is 12.2. The van der Waals surface area contributed by atoms with Gasteiger partial charge in [-0.2, -0.15) is 0 Å². The van der Waals surface area contributed by atoms with Crippen LogP contribution in [0.15, 0.2) is 24.3 Å². The van der Waals surface area contributed by atoms with Gasteiger partial charge in [0, 0.05) is 43.2 Å². The minimum Gasteiger partial charge on any atom is -0.376 e. The van der Waals surface area contributed by atoms with Crippen LogP contribution in [0.2, 0.25) is 0 Å². The quantitative estimate of drug-likeness (QED) is 0.250. The van der Waals surface area contributed by atoms with Gasteiger partial charge in [-0.05, 0) is 56.0 Å². The molecular weight excluding hydrogens is 458 g/mol. The number of hydrogen-bond donors (Lipinski definition) is 4. The maximum atomic E-state index is 12.3. The maximum Gasteiger partial charge on any atom is 0.239 e. The van der Waals surface area contributed by atoms with E-state index < -0.39 is 0 Å². The second kappa shape index (κ2) is 13.6. The molecule has 2 heterocycles. The van der Waals surface area contributed by atoms with E-state index >= 15 is 0 Å². The van der Waals surface area contributed by atoms with Crippen molar-refractivity contribution in [2.75, 3.05) is 25.0 Å². The highest BCUT2D eigenvalue weighted by Crippen LogP contribution is 2.30. The zero-order chi connectivity index (χ0) is 25.9. The third-order valence-corrected chi connectivity index (χ3v) is 6.41. The first kappa shape index (κ1) is 27.1. The number of unbranched alkanes of at least 4 members (excludes halogenated alkanes) is 5. The number of hydrogen-bond acceptors (Lipinski definition) is 6. The molecule has 1 aliphatic rings. The average molecular weight is 496 g/mol. The molecule has 0 aliphatic carbocycles. The minimum absolute atomic E-state index is 0.0202. The summed E-state index contributed by atoms with van der Waals surface area (Å²) in [4.78, 5) is 51.5. The smallest absolute Gasteiger partial charge is 0.239 e. The summed E-state index contributed by atoms with van der Waals surface area (Å²) >= 11 is 0. The van der Waals surface area contributed by atoms with Crippen LogP contribution in [0, 0.1) is 6.92 Å². The van der Waals surface area contributed by atoms with Crippen LogP contribution in [-0.2, 0) is 19.2 Å². The summed E-state index contributed by atoms with van der Waals surface area (Å²) in [6.45, 7) is 4.98. The van der Waals surface area contributed by atoms with Crippen molar-refractivity contribution < 1.29 is 19.2 Å². The molecule has 2 aromatic rings. The van der Waals surface area contributed by atoms with Crippen LogP contribution in [0.5, 0.6) is 0 Å². The van der Waals surface area contributed by atoms with E-state index in [1.54, 1.807) is 0 Å². The largest absolute Gasteiger partial charge is 0.376 e. The first-order valence-electron chi connectivity index (χ1n) is 12.8. The van der Waals surface area contributed by atoms with Gasteiger partial charge in [-0.25, -0.2) is 0 Å². The van der Waals surface area contributed by atoms with Gasteiger partial charge in [0.2, 0.25) is 23.6 Å². The highest BCUT2D eigenvalue weighted by molar-refractivity contribution is 6.01. The predicted octanol–water partition coefficient (Wildman–Crippen LogP) is 3.07. The van der Waals surface area contributed by atoms with Gasteiger partial charge >= 0.3 is 0 Å². The SMILES string of the molecule is CC(=O)NCCCCCCCCNC(=O)CNc1ccc2nc(C)c(C3CCC(=O)NC3=O)cc2c1. The van der Waals surface area contributed by atoms with Gasteiger partial charge in [0.1, 0.15) is 0 Å². The number of carbonyl (C=O) groups excluding carboxylic acids is 4. The molecule has 4 N–H and O–H groups in total. The Balaban J connectivity index is 1.40. The van der Waals surface area contributed by atoms with Crippen LogP contribution in [0.4, 0.5) is 5.69 Å². The first-order chi connectivity index (χ1) is 17.3. The van der Waals surface area contributed by atoms with Crippen molar-refractivity contribution in [2.24, 2.45) is 0 Å². The Kier molecular flexibility index (Phi) is 10.2. The molecule has 4 amide bonds. The number of piperidine rings is 1. The molecule has 1 aliphatic heterocycles. The number of imide groups is 1. The molecule has 3 rings (SSSR count). The number of nitrogens with zero attached hydrogens (tertiary/aromatic N) is 1. The van der Waals surface area contributed by atoms with Gasteiger partial charge in [0.25, 0.3) is 0 Å². The summed E-state index contributed by atoms with van der Waals surface area (Å²) in [7, 11) is 0. The molecule has 9 heteroatoms. The second-order valence-electron chi connectivity index (χ2n) is 9.38. The number of benzene rings is 1. The number of aryl methyl sites for hydroxylation is 1. The second-order valence-corrected chi connectivity index (χ2v) is 9.38. The molecule has 1 atom stereocenters. The predicted molar refractivity (Wildman–Crippen MR) is 139 cm³/mol. The van der Waals surface area contributed by atoms with Crippen LogP contribution in [-0.4, -0.2) is 48.2 Å². The van der Waals surface area contributed by atoms with Crippen LogP contribution >= 0.6 is 0 Å². The van der Waals surface area contributed by atoms with Crippen LogP contribution < -0.4 is 21.3 Å². The Labute approximate surface area is 212 Å². The molecule has 9 nitrogen and oxygen atoms in total. The van der Waals surface area contributed by atoms with Crippen molar-refractivity contribution in [3.63, 3.8) is 0 Å². The van der Waals surface area contributed by atoms with Gasteiger partial charge in [-0.3, -0.25) is 29.5 Å². The molecule has 1 fully saturated rings. The van der Waals surface area contributed by atoms with Gasteiger partial charge in [-0.1, -0.05) is 25.7 Å².